The van der Waals surface area contributed by atoms with Gasteiger partial charge in [-0.2, -0.15) is 96.6 Å². The van der Waals surface area contributed by atoms with Crippen LogP contribution in [0.3, 0.4) is 0 Å². The summed E-state index contributed by atoms with van der Waals surface area (Å²) in [5.74, 6) is -71.8. The van der Waals surface area contributed by atoms with Gasteiger partial charge in [0, 0.05) is 11.8 Å². The van der Waals surface area contributed by atoms with Crippen LogP contribution in [-0.4, -0.2) is 77.8 Å². The lowest BCUT2D eigenvalue weighted by Crippen LogP contribution is -2.73. The van der Waals surface area contributed by atoms with Crippen LogP contribution in [0.1, 0.15) is 58.8 Å². The van der Waals surface area contributed by atoms with Gasteiger partial charge in [-0.25, -0.2) is 9.59 Å². The number of rotatable bonds is 10. The molecule has 0 aromatic heterocycles. The smallest absolute Gasteiger partial charge is 0.457 e. The maximum Gasteiger partial charge on any atom is 0.460 e. The van der Waals surface area contributed by atoms with Crippen molar-refractivity contribution in [3.63, 3.8) is 0 Å². The molecule has 4 aliphatic carbocycles. The number of allylic oxidation sites excluding steroid dienone is 4. The summed E-state index contributed by atoms with van der Waals surface area (Å²) in [5, 5.41) is 0. The molecule has 0 heterocycles. The van der Waals surface area contributed by atoms with Gasteiger partial charge in [-0.05, 0) is 73.3 Å². The fourth-order valence-corrected chi connectivity index (χ4v) is 8.31. The van der Waals surface area contributed by atoms with Crippen LogP contribution in [0.25, 0.3) is 0 Å². The lowest BCUT2D eigenvalue weighted by atomic mass is 9.48. The molecule has 4 aliphatic rings. The number of hydrogen-bond acceptors (Lipinski definition) is 4. The third-order valence-electron chi connectivity index (χ3n) is 11.7. The van der Waals surface area contributed by atoms with E-state index in [1.165, 1.54) is 13.0 Å². The Balaban J connectivity index is 1.54. The Kier molecular flexibility index (Phi) is 10.8. The first-order chi connectivity index (χ1) is 25.2. The van der Waals surface area contributed by atoms with E-state index in [1.54, 1.807) is 6.92 Å². The van der Waals surface area contributed by atoms with Crippen LogP contribution in [0, 0.1) is 28.6 Å². The summed E-state index contributed by atoms with van der Waals surface area (Å²) in [5.41, 5.74) is -2.31. The predicted molar refractivity (Wildman–Crippen MR) is 143 cm³/mol. The molecule has 0 spiro atoms. The Hall–Kier alpha value is -3.12. The summed E-state index contributed by atoms with van der Waals surface area (Å²) in [6, 6.07) is 0. The normalized spacial score (nSPS) is 29.8. The second-order valence-corrected chi connectivity index (χ2v) is 14.8. The quantitative estimate of drug-likeness (QED) is 0.162. The minimum absolute atomic E-state index is 0.00224. The predicted octanol–water partition coefficient (Wildman–Crippen LogP) is 11.1. The molecule has 6 atom stereocenters. The summed E-state index contributed by atoms with van der Waals surface area (Å²) in [6.07, 6.45) is -15.7. The zero-order valence-corrected chi connectivity index (χ0v) is 28.4. The average Bonchev–Trinajstić information content (AvgIpc) is 3.38. The second-order valence-electron chi connectivity index (χ2n) is 14.8. The van der Waals surface area contributed by atoms with Crippen LogP contribution in [0.5, 0.6) is 0 Å². The van der Waals surface area contributed by atoms with Crippen molar-refractivity contribution in [2.24, 2.45) is 28.6 Å². The Morgan fingerprint density at radius 2 is 1.05 bits per heavy atom. The first kappa shape index (κ1) is 46.6. The molecule has 6 unspecified atom stereocenters. The van der Waals surface area contributed by atoms with Crippen molar-refractivity contribution in [2.75, 3.05) is 0 Å². The maximum atomic E-state index is 14.7. The van der Waals surface area contributed by atoms with E-state index in [2.05, 4.69) is 9.47 Å². The standard InChI is InChI=1S/C31H26F22O4/c1-20-9-7-13(56-18(54)23(34,35)25(38,39)30(48,49)50)11-12(20)3-4-14-15-5-6-17(21(15,2)10-8-16(14)20)57-19(55)22(32,33)24(36,37)26(40,41)27(42,43)28(44,45)29(46,47)31(51,52)53/h3,11,14-17H,4-10H2,1-2H3. The van der Waals surface area contributed by atoms with Crippen molar-refractivity contribution in [2.45, 2.75) is 125 Å². The highest BCUT2D eigenvalue weighted by atomic mass is 19.4. The summed E-state index contributed by atoms with van der Waals surface area (Å²) in [4.78, 5) is 24.1. The van der Waals surface area contributed by atoms with E-state index in [4.69, 9.17) is 0 Å². The number of carbonyl (C=O) groups is 2. The molecule has 0 amide bonds. The van der Waals surface area contributed by atoms with Gasteiger partial charge in [0.1, 0.15) is 11.9 Å². The van der Waals surface area contributed by atoms with Gasteiger partial charge in [0.05, 0.1) is 0 Å². The summed E-state index contributed by atoms with van der Waals surface area (Å²) >= 11 is 0. The van der Waals surface area contributed by atoms with Crippen LogP contribution >= 0.6 is 0 Å². The average molecular weight is 881 g/mol. The molecule has 0 saturated heterocycles. The minimum Gasteiger partial charge on any atom is -0.457 e. The zero-order chi connectivity index (χ0) is 44.4. The van der Waals surface area contributed by atoms with Crippen molar-refractivity contribution >= 4 is 11.9 Å². The highest BCUT2D eigenvalue weighted by Gasteiger charge is 2.94. The molecule has 0 radical (unpaired) electrons. The first-order valence-corrected chi connectivity index (χ1v) is 16.2. The third-order valence-corrected chi connectivity index (χ3v) is 11.7. The van der Waals surface area contributed by atoms with Gasteiger partial charge in [0.2, 0.25) is 0 Å². The van der Waals surface area contributed by atoms with Crippen LogP contribution < -0.4 is 0 Å². The maximum absolute atomic E-state index is 14.7. The van der Waals surface area contributed by atoms with E-state index >= 15 is 0 Å². The third kappa shape index (κ3) is 6.35. The summed E-state index contributed by atoms with van der Waals surface area (Å²) in [6.45, 7) is 2.83. The van der Waals surface area contributed by atoms with E-state index in [0.29, 0.717) is 0 Å². The van der Waals surface area contributed by atoms with Gasteiger partial charge < -0.3 is 9.47 Å². The molecular formula is C31H26F22O4. The van der Waals surface area contributed by atoms with Gasteiger partial charge in [-0.3, -0.25) is 0 Å². The number of ether oxygens (including phenoxy) is 2. The van der Waals surface area contributed by atoms with E-state index in [-0.39, 0.29) is 37.7 Å². The van der Waals surface area contributed by atoms with Crippen molar-refractivity contribution in [1.82, 2.24) is 0 Å². The van der Waals surface area contributed by atoms with Crippen molar-refractivity contribution < 1.29 is 116 Å². The van der Waals surface area contributed by atoms with Gasteiger partial charge in [0.25, 0.3) is 0 Å². The number of fused-ring (bicyclic) bond motifs is 5. The molecule has 0 aromatic carbocycles. The molecule has 0 N–H and O–H groups in total. The van der Waals surface area contributed by atoms with E-state index < -0.39 is 125 Å². The minimum atomic E-state index is -8.60. The van der Waals surface area contributed by atoms with Crippen molar-refractivity contribution in [3.05, 3.63) is 23.5 Å². The Morgan fingerprint density at radius 3 is 1.56 bits per heavy atom. The van der Waals surface area contributed by atoms with Gasteiger partial charge >= 0.3 is 71.7 Å². The number of hydrogen-bond donors (Lipinski definition) is 0. The molecule has 0 aliphatic heterocycles. The number of alkyl halides is 22. The van der Waals surface area contributed by atoms with Gasteiger partial charge in [-0.1, -0.05) is 19.9 Å². The molecule has 26 heteroatoms. The highest BCUT2D eigenvalue weighted by Crippen LogP contribution is 2.66. The highest BCUT2D eigenvalue weighted by molar-refractivity contribution is 5.80. The van der Waals surface area contributed by atoms with Crippen molar-refractivity contribution in [1.29, 1.82) is 0 Å². The molecule has 2 saturated carbocycles. The Bertz CT molecular complexity index is 1680. The Labute approximate surface area is 304 Å². The monoisotopic (exact) mass is 880 g/mol. The topological polar surface area (TPSA) is 52.6 Å². The van der Waals surface area contributed by atoms with Crippen LogP contribution in [0.4, 0.5) is 96.6 Å². The van der Waals surface area contributed by atoms with E-state index in [1.807, 2.05) is 0 Å². The molecule has 0 bridgehead atoms. The fraction of sp³-hybridized carbons (Fsp3) is 0.806. The lowest BCUT2D eigenvalue weighted by molar-refractivity contribution is -0.450. The Morgan fingerprint density at radius 1 is 0.579 bits per heavy atom. The van der Waals surface area contributed by atoms with Crippen LogP contribution in [0.15, 0.2) is 23.5 Å². The zero-order valence-electron chi connectivity index (χ0n) is 28.4. The summed E-state index contributed by atoms with van der Waals surface area (Å²) in [7, 11) is 0. The van der Waals surface area contributed by atoms with E-state index in [9.17, 15) is 106 Å². The van der Waals surface area contributed by atoms with Crippen molar-refractivity contribution in [3.8, 4) is 0 Å². The number of carbonyl (C=O) groups excluding carboxylic acids is 2. The van der Waals surface area contributed by atoms with Gasteiger partial charge in [0.15, 0.2) is 0 Å². The fourth-order valence-electron chi connectivity index (χ4n) is 8.31. The largest absolute Gasteiger partial charge is 0.460 e. The summed E-state index contributed by atoms with van der Waals surface area (Å²) < 4.78 is 305. The molecule has 0 aromatic rings. The second kappa shape index (κ2) is 13.2. The first-order valence-electron chi connectivity index (χ1n) is 16.2. The van der Waals surface area contributed by atoms with Crippen LogP contribution in [-0.2, 0) is 19.1 Å². The van der Waals surface area contributed by atoms with Crippen LogP contribution in [0.2, 0.25) is 0 Å². The lowest BCUT2D eigenvalue weighted by Gasteiger charge is -2.56. The molecule has 57 heavy (non-hydrogen) atoms. The van der Waals surface area contributed by atoms with Gasteiger partial charge in [-0.15, -0.1) is 0 Å². The molecule has 2 fully saturated rings. The molecular weight excluding hydrogens is 854 g/mol. The molecule has 4 rings (SSSR count). The number of halogens is 22. The van der Waals surface area contributed by atoms with E-state index in [0.717, 1.165) is 6.08 Å². The number of esters is 2. The SMILES string of the molecule is CC12CCC(OC(=O)C(F)(F)C(F)(F)C(F)(F)F)=CC1=CCC1C2CCC2(C)C(OC(=O)C(F)(F)C(F)(F)C(F)(F)C(F)(F)C(F)(F)C(F)(F)C(F)(F)F)CCC12. The molecule has 328 valence electrons. The molecule has 4 nitrogen and oxygen atoms in total.